The van der Waals surface area contributed by atoms with E-state index in [0.29, 0.717) is 31.4 Å². The fourth-order valence-corrected chi connectivity index (χ4v) is 2.88. The standard InChI is InChI=1S/C15H17F5O/c1-2-3-9-4-5-10(6-9)15(19,20)21-11-7-12(16)14(18)13(17)8-11/h7-10H,2-6H2,1H3. The largest absolute Gasteiger partial charge is 0.432 e. The van der Waals surface area contributed by atoms with Crippen molar-refractivity contribution in [3.05, 3.63) is 29.6 Å². The van der Waals surface area contributed by atoms with Gasteiger partial charge in [-0.05, 0) is 25.2 Å². The van der Waals surface area contributed by atoms with Crippen LogP contribution < -0.4 is 4.74 Å². The van der Waals surface area contributed by atoms with E-state index >= 15 is 0 Å². The topological polar surface area (TPSA) is 9.23 Å². The van der Waals surface area contributed by atoms with Crippen molar-refractivity contribution in [1.29, 1.82) is 0 Å². The van der Waals surface area contributed by atoms with E-state index in [9.17, 15) is 22.0 Å². The molecule has 0 saturated heterocycles. The maximum atomic E-state index is 14.0. The molecule has 1 aromatic carbocycles. The highest BCUT2D eigenvalue weighted by Crippen LogP contribution is 2.43. The van der Waals surface area contributed by atoms with Crippen molar-refractivity contribution in [3.63, 3.8) is 0 Å². The number of halogens is 5. The van der Waals surface area contributed by atoms with Crippen molar-refractivity contribution >= 4 is 0 Å². The van der Waals surface area contributed by atoms with Gasteiger partial charge in [-0.25, -0.2) is 13.2 Å². The molecule has 1 aliphatic carbocycles. The van der Waals surface area contributed by atoms with Crippen LogP contribution in [0.25, 0.3) is 0 Å². The van der Waals surface area contributed by atoms with Crippen molar-refractivity contribution in [2.24, 2.45) is 11.8 Å². The number of benzene rings is 1. The third-order valence-electron chi connectivity index (χ3n) is 3.92. The highest BCUT2D eigenvalue weighted by Gasteiger charge is 2.46. The van der Waals surface area contributed by atoms with Crippen LogP contribution in [-0.4, -0.2) is 6.11 Å². The molecule has 1 saturated carbocycles. The summed E-state index contributed by atoms with van der Waals surface area (Å²) < 4.78 is 71.3. The molecule has 0 aromatic heterocycles. The Kier molecular flexibility index (Phi) is 4.74. The van der Waals surface area contributed by atoms with E-state index in [0.717, 1.165) is 12.8 Å². The summed E-state index contributed by atoms with van der Waals surface area (Å²) >= 11 is 0. The molecule has 21 heavy (non-hydrogen) atoms. The Bertz CT molecular complexity index is 480. The average Bonchev–Trinajstić information content (AvgIpc) is 2.85. The Labute approximate surface area is 120 Å². The monoisotopic (exact) mass is 308 g/mol. The second-order valence-corrected chi connectivity index (χ2v) is 5.53. The number of hydrogen-bond donors (Lipinski definition) is 0. The van der Waals surface area contributed by atoms with Gasteiger partial charge in [-0.3, -0.25) is 0 Å². The summed E-state index contributed by atoms with van der Waals surface area (Å²) in [5.41, 5.74) is 0. The molecule has 1 nitrogen and oxygen atoms in total. The van der Waals surface area contributed by atoms with E-state index in [-0.39, 0.29) is 5.92 Å². The second kappa shape index (κ2) is 6.20. The summed E-state index contributed by atoms with van der Waals surface area (Å²) in [6, 6.07) is 0.871. The van der Waals surface area contributed by atoms with Gasteiger partial charge in [-0.1, -0.05) is 19.8 Å². The fraction of sp³-hybridized carbons (Fsp3) is 0.600. The Morgan fingerprint density at radius 2 is 1.76 bits per heavy atom. The Hall–Kier alpha value is -1.33. The molecule has 1 aromatic rings. The molecular formula is C15H17F5O. The van der Waals surface area contributed by atoms with Crippen molar-refractivity contribution in [2.45, 2.75) is 45.1 Å². The zero-order valence-electron chi connectivity index (χ0n) is 11.6. The smallest absolute Gasteiger partial charge is 0.400 e. The first-order valence-electron chi connectivity index (χ1n) is 7.04. The number of hydrogen-bond acceptors (Lipinski definition) is 1. The van der Waals surface area contributed by atoms with Crippen LogP contribution in [0.3, 0.4) is 0 Å². The van der Waals surface area contributed by atoms with Gasteiger partial charge in [0.25, 0.3) is 0 Å². The third-order valence-corrected chi connectivity index (χ3v) is 3.92. The van der Waals surface area contributed by atoms with Crippen LogP contribution in [0.2, 0.25) is 0 Å². The molecule has 0 heterocycles. The predicted molar refractivity (Wildman–Crippen MR) is 67.6 cm³/mol. The minimum Gasteiger partial charge on any atom is -0.432 e. The summed E-state index contributed by atoms with van der Waals surface area (Å²) in [5, 5.41) is 0. The molecule has 2 atom stereocenters. The predicted octanol–water partition coefficient (Wildman–Crippen LogP) is 5.29. The summed E-state index contributed by atoms with van der Waals surface area (Å²) in [6.45, 7) is 1.99. The minimum atomic E-state index is -3.51. The lowest BCUT2D eigenvalue weighted by Gasteiger charge is -2.24. The second-order valence-electron chi connectivity index (χ2n) is 5.53. The lowest BCUT2D eigenvalue weighted by molar-refractivity contribution is -0.215. The maximum absolute atomic E-state index is 14.0. The zero-order valence-corrected chi connectivity index (χ0v) is 11.6. The third kappa shape index (κ3) is 3.66. The number of alkyl halides is 2. The molecule has 6 heteroatoms. The maximum Gasteiger partial charge on any atom is 0.400 e. The Morgan fingerprint density at radius 3 is 2.33 bits per heavy atom. The zero-order chi connectivity index (χ0) is 15.6. The lowest BCUT2D eigenvalue weighted by atomic mass is 10.00. The molecule has 0 radical (unpaired) electrons. The Morgan fingerprint density at radius 1 is 1.14 bits per heavy atom. The molecule has 0 spiro atoms. The lowest BCUT2D eigenvalue weighted by Crippen LogP contribution is -2.33. The van der Waals surface area contributed by atoms with Crippen LogP contribution in [0.5, 0.6) is 5.75 Å². The van der Waals surface area contributed by atoms with Gasteiger partial charge in [0.2, 0.25) is 0 Å². The van der Waals surface area contributed by atoms with E-state index in [2.05, 4.69) is 4.74 Å². The van der Waals surface area contributed by atoms with E-state index in [4.69, 9.17) is 0 Å². The minimum absolute atomic E-state index is 0.233. The van der Waals surface area contributed by atoms with Gasteiger partial charge < -0.3 is 4.74 Å². The first-order valence-corrected chi connectivity index (χ1v) is 7.04. The Balaban J connectivity index is 2.07. The van der Waals surface area contributed by atoms with Gasteiger partial charge in [0.15, 0.2) is 17.5 Å². The van der Waals surface area contributed by atoms with Gasteiger partial charge in [0.05, 0.1) is 5.92 Å². The van der Waals surface area contributed by atoms with Crippen LogP contribution in [-0.2, 0) is 0 Å². The van der Waals surface area contributed by atoms with E-state index in [1.807, 2.05) is 6.92 Å². The van der Waals surface area contributed by atoms with Crippen LogP contribution >= 0.6 is 0 Å². The fourth-order valence-electron chi connectivity index (χ4n) is 2.88. The van der Waals surface area contributed by atoms with Gasteiger partial charge >= 0.3 is 6.11 Å². The van der Waals surface area contributed by atoms with Crippen molar-refractivity contribution < 1.29 is 26.7 Å². The van der Waals surface area contributed by atoms with Gasteiger partial charge in [-0.2, -0.15) is 8.78 Å². The summed E-state index contributed by atoms with van der Waals surface area (Å²) in [6.07, 6.45) is -0.371. The molecule has 1 fully saturated rings. The number of rotatable bonds is 5. The SMILES string of the molecule is CCCC1CCC(C(F)(F)Oc2cc(F)c(F)c(F)c2)C1. The molecule has 0 amide bonds. The van der Waals surface area contributed by atoms with Crippen molar-refractivity contribution in [1.82, 2.24) is 0 Å². The first kappa shape index (κ1) is 16.0. The summed E-state index contributed by atoms with van der Waals surface area (Å²) in [4.78, 5) is 0. The average molecular weight is 308 g/mol. The normalized spacial score (nSPS) is 22.6. The highest BCUT2D eigenvalue weighted by atomic mass is 19.3. The molecule has 118 valence electrons. The molecule has 2 unspecified atom stereocenters. The van der Waals surface area contributed by atoms with E-state index in [1.54, 1.807) is 0 Å². The first-order chi connectivity index (χ1) is 9.83. The molecular weight excluding hydrogens is 291 g/mol. The summed E-state index contributed by atoms with van der Waals surface area (Å²) in [5.74, 6) is -6.24. The van der Waals surface area contributed by atoms with E-state index in [1.165, 1.54) is 0 Å². The van der Waals surface area contributed by atoms with Crippen LogP contribution in [0, 0.1) is 29.3 Å². The van der Waals surface area contributed by atoms with Gasteiger partial charge in [0.1, 0.15) is 5.75 Å². The van der Waals surface area contributed by atoms with Crippen molar-refractivity contribution in [3.8, 4) is 5.75 Å². The number of ether oxygens (including phenoxy) is 1. The molecule has 1 aliphatic rings. The molecule has 0 aliphatic heterocycles. The molecule has 0 N–H and O–H groups in total. The molecule has 0 bridgehead atoms. The van der Waals surface area contributed by atoms with E-state index < -0.39 is 35.2 Å². The van der Waals surface area contributed by atoms with Crippen LogP contribution in [0.15, 0.2) is 12.1 Å². The van der Waals surface area contributed by atoms with Crippen molar-refractivity contribution in [2.75, 3.05) is 0 Å². The van der Waals surface area contributed by atoms with Gasteiger partial charge in [-0.15, -0.1) is 0 Å². The van der Waals surface area contributed by atoms with Gasteiger partial charge in [0, 0.05) is 12.1 Å². The highest BCUT2D eigenvalue weighted by molar-refractivity contribution is 5.25. The van der Waals surface area contributed by atoms with Crippen LogP contribution in [0.1, 0.15) is 39.0 Å². The molecule has 2 rings (SSSR count). The van der Waals surface area contributed by atoms with Crippen LogP contribution in [0.4, 0.5) is 22.0 Å². The quantitative estimate of drug-likeness (QED) is 0.530. The summed E-state index contributed by atoms with van der Waals surface area (Å²) in [7, 11) is 0.